The van der Waals surface area contributed by atoms with Crippen molar-refractivity contribution in [3.8, 4) is 0 Å². The van der Waals surface area contributed by atoms with E-state index in [4.69, 9.17) is 0 Å². The Morgan fingerprint density at radius 1 is 1.35 bits per heavy atom. The molecule has 0 atom stereocenters. The number of hydrogen-bond donors (Lipinski definition) is 1. The molecule has 2 nitrogen and oxygen atoms in total. The molecular weight excluding hydrogens is 228 g/mol. The third-order valence-corrected chi connectivity index (χ3v) is 5.15. The number of likely N-dealkylation sites (N-methyl/N-ethyl adjacent to an activating group) is 1. The average molecular weight is 252 g/mol. The van der Waals surface area contributed by atoms with Crippen LogP contribution in [0.3, 0.4) is 0 Å². The topological polar surface area (TPSA) is 15.3 Å². The predicted molar refractivity (Wildman–Crippen MR) is 75.8 cm³/mol. The first-order valence-corrected chi connectivity index (χ1v) is 7.29. The molecule has 1 saturated carbocycles. The lowest BCUT2D eigenvalue weighted by Gasteiger charge is -2.47. The van der Waals surface area contributed by atoms with Crippen LogP contribution in [0.4, 0.5) is 0 Å². The van der Waals surface area contributed by atoms with E-state index in [1.165, 1.54) is 34.6 Å². The largest absolute Gasteiger partial charge is 0.311 e. The highest BCUT2D eigenvalue weighted by Gasteiger charge is 2.38. The summed E-state index contributed by atoms with van der Waals surface area (Å²) in [7, 11) is 4.42. The Morgan fingerprint density at radius 3 is 2.47 bits per heavy atom. The van der Waals surface area contributed by atoms with Gasteiger partial charge in [0.2, 0.25) is 0 Å². The van der Waals surface area contributed by atoms with Gasteiger partial charge in [-0.05, 0) is 58.8 Å². The van der Waals surface area contributed by atoms with Gasteiger partial charge in [-0.2, -0.15) is 0 Å². The number of nitrogens with one attached hydrogen (secondary N) is 1. The summed E-state index contributed by atoms with van der Waals surface area (Å²) >= 11 is 1.90. The monoisotopic (exact) mass is 252 g/mol. The highest BCUT2D eigenvalue weighted by molar-refractivity contribution is 7.12. The molecule has 0 spiro atoms. The van der Waals surface area contributed by atoms with E-state index >= 15 is 0 Å². The summed E-state index contributed by atoms with van der Waals surface area (Å²) in [6.45, 7) is 6.55. The predicted octanol–water partition coefficient (Wildman–Crippen LogP) is 2.94. The first-order chi connectivity index (χ1) is 8.03. The van der Waals surface area contributed by atoms with E-state index in [1.807, 2.05) is 11.3 Å². The van der Waals surface area contributed by atoms with Gasteiger partial charge < -0.3 is 10.2 Å². The van der Waals surface area contributed by atoms with E-state index in [2.05, 4.69) is 44.2 Å². The lowest BCUT2D eigenvalue weighted by Crippen LogP contribution is -2.56. The second-order valence-electron chi connectivity index (χ2n) is 5.51. The second kappa shape index (κ2) is 5.09. The van der Waals surface area contributed by atoms with Crippen LogP contribution in [0.1, 0.15) is 34.6 Å². The minimum atomic E-state index is 0.430. The molecule has 0 amide bonds. The van der Waals surface area contributed by atoms with Crippen molar-refractivity contribution in [1.29, 1.82) is 0 Å². The Bertz CT molecular complexity index is 378. The summed E-state index contributed by atoms with van der Waals surface area (Å²) in [5.41, 5.74) is 1.90. The van der Waals surface area contributed by atoms with Crippen molar-refractivity contribution in [2.75, 3.05) is 20.6 Å². The van der Waals surface area contributed by atoms with Crippen LogP contribution >= 0.6 is 11.3 Å². The summed E-state index contributed by atoms with van der Waals surface area (Å²) in [4.78, 5) is 5.28. The smallest absolute Gasteiger partial charge is 0.0328 e. The minimum Gasteiger partial charge on any atom is -0.311 e. The van der Waals surface area contributed by atoms with Crippen LogP contribution in [-0.2, 0) is 6.54 Å². The number of aryl methyl sites for hydroxylation is 2. The van der Waals surface area contributed by atoms with E-state index in [-0.39, 0.29) is 0 Å². The van der Waals surface area contributed by atoms with E-state index in [1.54, 1.807) is 0 Å². The molecule has 1 aliphatic carbocycles. The molecule has 0 aromatic carbocycles. The summed E-state index contributed by atoms with van der Waals surface area (Å²) in [6.07, 6.45) is 4.07. The maximum atomic E-state index is 3.64. The number of hydrogen-bond acceptors (Lipinski definition) is 3. The molecule has 0 saturated heterocycles. The van der Waals surface area contributed by atoms with Crippen molar-refractivity contribution in [2.24, 2.45) is 0 Å². The van der Waals surface area contributed by atoms with Gasteiger partial charge in [0.15, 0.2) is 0 Å². The van der Waals surface area contributed by atoms with E-state index < -0.39 is 0 Å². The second-order valence-corrected chi connectivity index (χ2v) is 6.97. The molecule has 3 heteroatoms. The number of rotatable bonds is 5. The molecule has 2 rings (SSSR count). The van der Waals surface area contributed by atoms with E-state index in [0.29, 0.717) is 5.54 Å². The molecule has 1 fully saturated rings. The summed E-state index contributed by atoms with van der Waals surface area (Å²) < 4.78 is 0. The Kier molecular flexibility index (Phi) is 3.91. The molecule has 0 radical (unpaired) electrons. The van der Waals surface area contributed by atoms with Crippen molar-refractivity contribution in [3.63, 3.8) is 0 Å². The van der Waals surface area contributed by atoms with Gasteiger partial charge in [0, 0.05) is 28.4 Å². The minimum absolute atomic E-state index is 0.430. The Morgan fingerprint density at radius 2 is 2.06 bits per heavy atom. The zero-order chi connectivity index (χ0) is 12.5. The van der Waals surface area contributed by atoms with Gasteiger partial charge in [-0.3, -0.25) is 0 Å². The molecule has 0 aliphatic heterocycles. The number of nitrogens with zero attached hydrogens (tertiary/aromatic N) is 1. The average Bonchev–Trinajstić information content (AvgIpc) is 2.49. The zero-order valence-electron chi connectivity index (χ0n) is 11.5. The van der Waals surface area contributed by atoms with E-state index in [9.17, 15) is 0 Å². The molecule has 1 aromatic heterocycles. The first kappa shape index (κ1) is 13.1. The fourth-order valence-corrected chi connectivity index (χ4v) is 3.60. The maximum Gasteiger partial charge on any atom is 0.0328 e. The van der Waals surface area contributed by atoms with Crippen LogP contribution in [0.5, 0.6) is 0 Å². The highest BCUT2D eigenvalue weighted by Crippen LogP contribution is 2.35. The van der Waals surface area contributed by atoms with Crippen LogP contribution in [0.15, 0.2) is 6.07 Å². The van der Waals surface area contributed by atoms with Gasteiger partial charge in [-0.25, -0.2) is 0 Å². The molecule has 1 N–H and O–H groups in total. The molecule has 1 heterocycles. The molecule has 0 bridgehead atoms. The van der Waals surface area contributed by atoms with Crippen LogP contribution in [0.2, 0.25) is 0 Å². The standard InChI is InChI=1S/C14H24N2S/c1-11-8-13(12(2)17-11)9-15-10-14(16(3)4)6-5-7-14/h8,15H,5-7,9-10H2,1-4H3. The number of thiophene rings is 1. The first-order valence-electron chi connectivity index (χ1n) is 6.47. The quantitative estimate of drug-likeness (QED) is 0.867. The molecular formula is C14H24N2S. The molecule has 1 aliphatic rings. The maximum absolute atomic E-state index is 3.64. The summed E-state index contributed by atoms with van der Waals surface area (Å²) in [5, 5.41) is 3.64. The van der Waals surface area contributed by atoms with Crippen molar-refractivity contribution >= 4 is 11.3 Å². The SMILES string of the molecule is Cc1cc(CNCC2(N(C)C)CCC2)c(C)s1. The zero-order valence-corrected chi connectivity index (χ0v) is 12.3. The van der Waals surface area contributed by atoms with Gasteiger partial charge in [0.05, 0.1) is 0 Å². The van der Waals surface area contributed by atoms with Gasteiger partial charge in [-0.15, -0.1) is 11.3 Å². The van der Waals surface area contributed by atoms with Crippen molar-refractivity contribution in [3.05, 3.63) is 21.4 Å². The van der Waals surface area contributed by atoms with Crippen LogP contribution in [0, 0.1) is 13.8 Å². The fourth-order valence-electron chi connectivity index (χ4n) is 2.66. The van der Waals surface area contributed by atoms with Crippen LogP contribution in [0.25, 0.3) is 0 Å². The van der Waals surface area contributed by atoms with Crippen molar-refractivity contribution in [2.45, 2.75) is 45.2 Å². The Balaban J connectivity index is 1.85. The molecule has 96 valence electrons. The van der Waals surface area contributed by atoms with Crippen LogP contribution in [-0.4, -0.2) is 31.1 Å². The Hall–Kier alpha value is -0.380. The van der Waals surface area contributed by atoms with E-state index in [0.717, 1.165) is 13.1 Å². The highest BCUT2D eigenvalue weighted by atomic mass is 32.1. The summed E-state index contributed by atoms with van der Waals surface area (Å²) in [5.74, 6) is 0. The van der Waals surface area contributed by atoms with Gasteiger partial charge in [0.25, 0.3) is 0 Å². The normalized spacial score (nSPS) is 18.4. The van der Waals surface area contributed by atoms with Gasteiger partial charge in [-0.1, -0.05) is 0 Å². The third-order valence-electron chi connectivity index (χ3n) is 4.15. The van der Waals surface area contributed by atoms with Gasteiger partial charge in [0.1, 0.15) is 0 Å². The molecule has 0 unspecified atom stereocenters. The van der Waals surface area contributed by atoms with Crippen molar-refractivity contribution in [1.82, 2.24) is 10.2 Å². The molecule has 1 aromatic rings. The lowest BCUT2D eigenvalue weighted by atomic mass is 9.75. The third kappa shape index (κ3) is 2.72. The fraction of sp³-hybridized carbons (Fsp3) is 0.714. The van der Waals surface area contributed by atoms with Crippen LogP contribution < -0.4 is 5.32 Å². The molecule has 17 heavy (non-hydrogen) atoms. The Labute approximate surface area is 109 Å². The van der Waals surface area contributed by atoms with Gasteiger partial charge >= 0.3 is 0 Å². The van der Waals surface area contributed by atoms with Crippen molar-refractivity contribution < 1.29 is 0 Å². The lowest BCUT2D eigenvalue weighted by molar-refractivity contribution is 0.0598. The summed E-state index contributed by atoms with van der Waals surface area (Å²) in [6, 6.07) is 2.32.